The average molecular weight is 233 g/mol. The van der Waals surface area contributed by atoms with Crippen LogP contribution in [0.4, 0.5) is 0 Å². The first kappa shape index (κ1) is 11.1. The molecule has 4 atom stereocenters. The molecule has 0 unspecified atom stereocenters. The zero-order valence-corrected chi connectivity index (χ0v) is 10.8. The lowest BCUT2D eigenvalue weighted by Crippen LogP contribution is -2.55. The number of hydrogen-bond donors (Lipinski definition) is 0. The molecule has 0 N–H and O–H groups in total. The van der Waals surface area contributed by atoms with E-state index < -0.39 is 0 Å². The summed E-state index contributed by atoms with van der Waals surface area (Å²) in [7, 11) is 0. The lowest BCUT2D eigenvalue weighted by Gasteiger charge is -2.63. The van der Waals surface area contributed by atoms with Gasteiger partial charge in [-0.3, -0.25) is 0 Å². The third-order valence-corrected chi connectivity index (χ3v) is 5.61. The minimum absolute atomic E-state index is 0.152. The molecule has 0 radical (unpaired) electrons. The molecule has 0 amide bonds. The molecule has 0 aromatic carbocycles. The van der Waals surface area contributed by atoms with Crippen molar-refractivity contribution in [3.8, 4) is 0 Å². The van der Waals surface area contributed by atoms with Crippen LogP contribution < -0.4 is 0 Å². The monoisotopic (exact) mass is 232 g/mol. The van der Waals surface area contributed by atoms with Crippen molar-refractivity contribution >= 4 is 28.5 Å². The average Bonchev–Trinajstić information content (AvgIpc) is 2.16. The first-order chi connectivity index (χ1) is 6.48. The van der Waals surface area contributed by atoms with E-state index in [-0.39, 0.29) is 5.54 Å². The fraction of sp³-hybridized carbons (Fsp3) is 1.00. The van der Waals surface area contributed by atoms with Gasteiger partial charge in [-0.15, -0.1) is 0 Å². The molecule has 0 aromatic rings. The first-order valence-corrected chi connectivity index (χ1v) is 6.64. The van der Waals surface area contributed by atoms with Crippen LogP contribution in [0.5, 0.6) is 0 Å². The fourth-order valence-electron chi connectivity index (χ4n) is 3.86. The van der Waals surface area contributed by atoms with Crippen LogP contribution in [0.25, 0.3) is 0 Å². The SMILES string of the molecule is CC[C@@H]1[C@H]2C[C@@H](C[C@H]1B(Cl)Cl)C2(C)C. The molecule has 14 heavy (non-hydrogen) atoms. The summed E-state index contributed by atoms with van der Waals surface area (Å²) in [6.45, 7) is 7.12. The quantitative estimate of drug-likeness (QED) is 0.619. The van der Waals surface area contributed by atoms with Gasteiger partial charge in [0, 0.05) is 0 Å². The summed E-state index contributed by atoms with van der Waals surface area (Å²) in [4.78, 5) is 0. The topological polar surface area (TPSA) is 0 Å². The smallest absolute Gasteiger partial charge is 0.171 e. The summed E-state index contributed by atoms with van der Waals surface area (Å²) in [5.74, 6) is 3.06. The zero-order chi connectivity index (χ0) is 10.5. The molecule has 0 aliphatic heterocycles. The van der Waals surface area contributed by atoms with Crippen molar-refractivity contribution in [1.82, 2.24) is 0 Å². The second kappa shape index (κ2) is 3.59. The molecule has 0 nitrogen and oxygen atoms in total. The Labute approximate surface area is 97.6 Å². The van der Waals surface area contributed by atoms with Gasteiger partial charge in [0.05, 0.1) is 0 Å². The van der Waals surface area contributed by atoms with Crippen LogP contribution in [0.3, 0.4) is 0 Å². The van der Waals surface area contributed by atoms with Crippen LogP contribution in [0.1, 0.15) is 40.0 Å². The number of hydrogen-bond acceptors (Lipinski definition) is 0. The Morgan fingerprint density at radius 3 is 2.36 bits per heavy atom. The fourth-order valence-corrected chi connectivity index (χ4v) is 4.44. The van der Waals surface area contributed by atoms with Crippen LogP contribution in [0.2, 0.25) is 5.82 Å². The van der Waals surface area contributed by atoms with Crippen molar-refractivity contribution in [2.24, 2.45) is 23.2 Å². The molecule has 3 aliphatic rings. The van der Waals surface area contributed by atoms with Crippen molar-refractivity contribution in [1.29, 1.82) is 0 Å². The van der Waals surface area contributed by atoms with Crippen molar-refractivity contribution in [3.05, 3.63) is 0 Å². The molecule has 3 saturated carbocycles. The summed E-state index contributed by atoms with van der Waals surface area (Å²) in [5.41, 5.74) is 0.404. The summed E-state index contributed by atoms with van der Waals surface area (Å²) in [5, 5.41) is 0. The molecule has 0 saturated heterocycles. The molecule has 80 valence electrons. The van der Waals surface area contributed by atoms with Gasteiger partial charge in [0.2, 0.25) is 0 Å². The number of fused-ring (bicyclic) bond motifs is 2. The summed E-state index contributed by atoms with van der Waals surface area (Å²) in [6.07, 6.45) is 3.91. The van der Waals surface area contributed by atoms with Gasteiger partial charge >= 0.3 is 5.54 Å². The largest absolute Gasteiger partial charge is 0.355 e. The highest BCUT2D eigenvalue weighted by molar-refractivity contribution is 7.34. The summed E-state index contributed by atoms with van der Waals surface area (Å²) >= 11 is 12.1. The second-order valence-corrected chi connectivity index (χ2v) is 6.83. The number of rotatable bonds is 2. The Kier molecular flexibility index (Phi) is 2.86. The third-order valence-electron chi connectivity index (χ3n) is 4.96. The van der Waals surface area contributed by atoms with E-state index in [1.165, 1.54) is 19.3 Å². The van der Waals surface area contributed by atoms with E-state index in [9.17, 15) is 0 Å². The highest BCUT2D eigenvalue weighted by Gasteiger charge is 2.58. The zero-order valence-electron chi connectivity index (χ0n) is 9.26. The highest BCUT2D eigenvalue weighted by atomic mass is 35.5. The van der Waals surface area contributed by atoms with Gasteiger partial charge in [-0.1, -0.05) is 33.6 Å². The first-order valence-electron chi connectivity index (χ1n) is 5.76. The van der Waals surface area contributed by atoms with Crippen LogP contribution >= 0.6 is 22.9 Å². The molecule has 3 fully saturated rings. The van der Waals surface area contributed by atoms with Gasteiger partial charge in [-0.05, 0) is 35.4 Å². The molecule has 2 bridgehead atoms. The van der Waals surface area contributed by atoms with E-state index in [0.29, 0.717) is 11.2 Å². The molecule has 0 heterocycles. The summed E-state index contributed by atoms with van der Waals surface area (Å²) < 4.78 is 0. The third kappa shape index (κ3) is 1.43. The Hall–Kier alpha value is 0.645. The van der Waals surface area contributed by atoms with Crippen molar-refractivity contribution in [3.63, 3.8) is 0 Å². The molecule has 3 rings (SSSR count). The van der Waals surface area contributed by atoms with E-state index in [0.717, 1.165) is 17.8 Å². The minimum Gasteiger partial charge on any atom is -0.171 e. The van der Waals surface area contributed by atoms with Crippen LogP contribution in [0.15, 0.2) is 0 Å². The minimum atomic E-state index is -0.152. The van der Waals surface area contributed by atoms with Crippen molar-refractivity contribution in [2.75, 3.05) is 0 Å². The van der Waals surface area contributed by atoms with Gasteiger partial charge in [0.25, 0.3) is 0 Å². The molecule has 3 heteroatoms. The standard InChI is InChI=1S/C11H19BCl2/c1-4-8-9-5-7(11(9,2)3)6-10(8)12(13)14/h7-10H,4-6H2,1-3H3/t7-,8+,9+,10+/m0/s1. The van der Waals surface area contributed by atoms with Crippen molar-refractivity contribution in [2.45, 2.75) is 45.9 Å². The van der Waals surface area contributed by atoms with Crippen LogP contribution in [-0.4, -0.2) is 5.54 Å². The van der Waals surface area contributed by atoms with E-state index in [1.807, 2.05) is 0 Å². The van der Waals surface area contributed by atoms with Crippen LogP contribution in [0, 0.1) is 23.2 Å². The normalized spacial score (nSPS) is 44.4. The van der Waals surface area contributed by atoms with Crippen molar-refractivity contribution < 1.29 is 0 Å². The van der Waals surface area contributed by atoms with Gasteiger partial charge in [-0.25, -0.2) is 0 Å². The predicted octanol–water partition coefficient (Wildman–Crippen LogP) is 4.41. The molecule has 0 aromatic heterocycles. The maximum absolute atomic E-state index is 6.07. The lowest BCUT2D eigenvalue weighted by molar-refractivity contribution is -0.105. The maximum Gasteiger partial charge on any atom is 0.355 e. The Balaban J connectivity index is 2.15. The predicted molar refractivity (Wildman–Crippen MR) is 65.0 cm³/mol. The molecular formula is C11H19BCl2. The van der Waals surface area contributed by atoms with E-state index in [4.69, 9.17) is 22.9 Å². The summed E-state index contributed by atoms with van der Waals surface area (Å²) in [6, 6.07) is 0. The molecule has 3 aliphatic carbocycles. The highest BCUT2D eigenvalue weighted by Crippen LogP contribution is 2.66. The van der Waals surface area contributed by atoms with E-state index >= 15 is 0 Å². The molecular weight excluding hydrogens is 214 g/mol. The second-order valence-electron chi connectivity index (χ2n) is 5.67. The maximum atomic E-state index is 6.07. The van der Waals surface area contributed by atoms with Gasteiger partial charge in [-0.2, -0.15) is 22.9 Å². The van der Waals surface area contributed by atoms with Crippen LogP contribution in [-0.2, 0) is 0 Å². The Bertz CT molecular complexity index is 225. The van der Waals surface area contributed by atoms with Gasteiger partial charge in [0.1, 0.15) is 0 Å². The number of halogens is 2. The van der Waals surface area contributed by atoms with E-state index in [2.05, 4.69) is 20.8 Å². The van der Waals surface area contributed by atoms with Gasteiger partial charge < -0.3 is 0 Å². The lowest BCUT2D eigenvalue weighted by atomic mass is 9.40. The van der Waals surface area contributed by atoms with Gasteiger partial charge in [0.15, 0.2) is 0 Å². The molecule has 0 spiro atoms. The Morgan fingerprint density at radius 2 is 1.93 bits per heavy atom. The Morgan fingerprint density at radius 1 is 1.29 bits per heavy atom. The van der Waals surface area contributed by atoms with E-state index in [1.54, 1.807) is 0 Å².